The van der Waals surface area contributed by atoms with Crippen LogP contribution in [0.1, 0.15) is 33.9 Å². The van der Waals surface area contributed by atoms with Crippen molar-refractivity contribution in [3.8, 4) is 16.9 Å². The first-order valence-electron chi connectivity index (χ1n) is 27.1. The number of hydrogen-bond donors (Lipinski definition) is 5. The number of alkyl halides is 3. The molecule has 0 spiro atoms. The molecule has 23 heteroatoms. The average molecular weight is 1120 g/mol. The number of piperazine rings is 1. The molecule has 0 radical (unpaired) electrons. The first-order chi connectivity index (χ1) is 39.5. The van der Waals surface area contributed by atoms with Crippen LogP contribution in [0.2, 0.25) is 0 Å². The number of rotatable bonds is 28. The van der Waals surface area contributed by atoms with Gasteiger partial charge in [0.15, 0.2) is 5.69 Å². The molecule has 2 saturated heterocycles. The fourth-order valence-electron chi connectivity index (χ4n) is 9.85. The zero-order chi connectivity index (χ0) is 56.4. The van der Waals surface area contributed by atoms with Crippen LogP contribution < -0.4 is 20.7 Å². The minimum absolute atomic E-state index is 0.0198. The van der Waals surface area contributed by atoms with E-state index in [0.717, 1.165) is 83.4 Å². The van der Waals surface area contributed by atoms with Crippen LogP contribution in [0.25, 0.3) is 21.9 Å². The maximum Gasteiger partial charge on any atom is 0.434 e. The monoisotopic (exact) mass is 1120 g/mol. The highest BCUT2D eigenvalue weighted by atomic mass is 19.4. The normalized spacial score (nSPS) is 19.3. The Labute approximate surface area is 467 Å². The zero-order valence-corrected chi connectivity index (χ0v) is 44.8. The van der Waals surface area contributed by atoms with Gasteiger partial charge in [-0.1, -0.05) is 54.6 Å². The van der Waals surface area contributed by atoms with Gasteiger partial charge in [-0.25, -0.2) is 4.98 Å². The number of benzene rings is 3. The van der Waals surface area contributed by atoms with Crippen molar-refractivity contribution in [2.24, 2.45) is 0 Å². The van der Waals surface area contributed by atoms with E-state index in [1.54, 1.807) is 0 Å². The number of aliphatic hydroxyl groups excluding tert-OH is 2. The third-order valence-corrected chi connectivity index (χ3v) is 14.2. The Kier molecular flexibility index (Phi) is 21.1. The minimum Gasteiger partial charge on any atom is -0.493 e. The van der Waals surface area contributed by atoms with Crippen LogP contribution in [0.4, 0.5) is 24.7 Å². The molecule has 0 saturated carbocycles. The van der Waals surface area contributed by atoms with Gasteiger partial charge in [0.2, 0.25) is 11.8 Å². The summed E-state index contributed by atoms with van der Waals surface area (Å²) in [5, 5.41) is 32.0. The number of fused-ring (bicyclic) bond motifs is 2. The van der Waals surface area contributed by atoms with Crippen LogP contribution in [-0.4, -0.2) is 195 Å². The Bertz CT molecular complexity index is 2970. The van der Waals surface area contributed by atoms with Gasteiger partial charge >= 0.3 is 6.18 Å². The van der Waals surface area contributed by atoms with Crippen molar-refractivity contribution >= 4 is 34.1 Å². The summed E-state index contributed by atoms with van der Waals surface area (Å²) in [4.78, 5) is 45.2. The number of carbonyl (C=O) groups is 2. The quantitative estimate of drug-likeness (QED) is 0.0418. The maximum absolute atomic E-state index is 13.0. The van der Waals surface area contributed by atoms with Gasteiger partial charge in [-0.3, -0.25) is 29.4 Å². The average Bonchev–Trinajstić information content (AvgIpc) is 4.09. The van der Waals surface area contributed by atoms with Gasteiger partial charge < -0.3 is 64.2 Å². The number of nitrogens with zero attached hydrogens (tertiary/aromatic N) is 6. The predicted octanol–water partition coefficient (Wildman–Crippen LogP) is 4.73. The van der Waals surface area contributed by atoms with E-state index in [1.807, 2.05) is 41.8 Å². The Morgan fingerprint density at radius 3 is 2.19 bits per heavy atom. The number of amides is 2. The van der Waals surface area contributed by atoms with Crippen molar-refractivity contribution in [2.45, 2.75) is 49.4 Å². The van der Waals surface area contributed by atoms with Crippen molar-refractivity contribution in [1.82, 2.24) is 35.1 Å². The number of ether oxygens (including phenoxy) is 7. The SMILES string of the molecule is O=C(COCCOCCOCCOCCOCC(=O)N1CCN(Cc2ccc(C3CNc4ccncc43)c(OCCc3ccc(-c4cccc5ccncc45)cc3)c2)CC1)NC[C@H]1OC[C@H](Nc2cncc(C(F)(F)F)n2)[C@@H](O)[C@H]1O. The van der Waals surface area contributed by atoms with Gasteiger partial charge in [-0.05, 0) is 45.8 Å². The number of halogens is 3. The molecular weight excluding hydrogens is 1060 g/mol. The molecule has 3 aromatic carbocycles. The van der Waals surface area contributed by atoms with Gasteiger partial charge in [0, 0.05) is 105 Å². The van der Waals surface area contributed by atoms with Crippen molar-refractivity contribution < 1.29 is 66.1 Å². The van der Waals surface area contributed by atoms with Crippen LogP contribution in [0.3, 0.4) is 0 Å². The Morgan fingerprint density at radius 2 is 1.43 bits per heavy atom. The van der Waals surface area contributed by atoms with E-state index in [9.17, 15) is 33.0 Å². The molecule has 1 unspecified atom stereocenters. The lowest BCUT2D eigenvalue weighted by Gasteiger charge is -2.38. The fraction of sp³-hybridized carbons (Fsp3) is 0.448. The second kappa shape index (κ2) is 29.2. The van der Waals surface area contributed by atoms with Gasteiger partial charge in [0.25, 0.3) is 0 Å². The smallest absolute Gasteiger partial charge is 0.434 e. The molecule has 81 heavy (non-hydrogen) atoms. The predicted molar refractivity (Wildman–Crippen MR) is 293 cm³/mol. The molecule has 0 bridgehead atoms. The zero-order valence-electron chi connectivity index (χ0n) is 44.8. The number of pyridine rings is 2. The molecule has 20 nitrogen and oxygen atoms in total. The molecule has 3 aliphatic rings. The maximum atomic E-state index is 13.0. The minimum atomic E-state index is -4.70. The van der Waals surface area contributed by atoms with E-state index >= 15 is 0 Å². The summed E-state index contributed by atoms with van der Waals surface area (Å²) in [6.45, 7) is 6.31. The first-order valence-corrected chi connectivity index (χ1v) is 27.1. The van der Waals surface area contributed by atoms with Crippen LogP contribution in [0.15, 0.2) is 110 Å². The van der Waals surface area contributed by atoms with Crippen molar-refractivity contribution in [1.29, 1.82) is 0 Å². The van der Waals surface area contributed by atoms with Gasteiger partial charge in [0.1, 0.15) is 43.1 Å². The van der Waals surface area contributed by atoms with E-state index in [1.165, 1.54) is 10.9 Å². The van der Waals surface area contributed by atoms with E-state index in [4.69, 9.17) is 33.2 Å². The third kappa shape index (κ3) is 16.6. The van der Waals surface area contributed by atoms with E-state index in [0.29, 0.717) is 58.9 Å². The lowest BCUT2D eigenvalue weighted by atomic mass is 9.92. The van der Waals surface area contributed by atoms with Crippen LogP contribution in [-0.2, 0) is 57.2 Å². The molecule has 6 heterocycles. The topological polar surface area (TPSA) is 233 Å². The second-order valence-corrected chi connectivity index (χ2v) is 19.8. The first kappa shape index (κ1) is 58.7. The summed E-state index contributed by atoms with van der Waals surface area (Å²) in [5.41, 5.74) is 6.84. The Morgan fingerprint density at radius 1 is 0.728 bits per heavy atom. The van der Waals surface area contributed by atoms with E-state index in [-0.39, 0.29) is 63.8 Å². The van der Waals surface area contributed by atoms with Gasteiger partial charge in [0.05, 0.1) is 84.5 Å². The third-order valence-electron chi connectivity index (χ3n) is 14.2. The summed E-state index contributed by atoms with van der Waals surface area (Å²) in [7, 11) is 0. The van der Waals surface area contributed by atoms with Gasteiger partial charge in [-0.2, -0.15) is 13.2 Å². The fourth-order valence-corrected chi connectivity index (χ4v) is 9.85. The van der Waals surface area contributed by atoms with Crippen molar-refractivity contribution in [2.75, 3.05) is 129 Å². The summed E-state index contributed by atoms with van der Waals surface area (Å²) >= 11 is 0. The number of aliphatic hydroxyl groups is 2. The highest BCUT2D eigenvalue weighted by Gasteiger charge is 2.39. The lowest BCUT2D eigenvalue weighted by molar-refractivity contribution is -0.144. The summed E-state index contributed by atoms with van der Waals surface area (Å²) < 4.78 is 78.7. The Hall–Kier alpha value is -6.93. The molecule has 3 aromatic heterocycles. The van der Waals surface area contributed by atoms with E-state index in [2.05, 4.69) is 101 Å². The lowest BCUT2D eigenvalue weighted by Crippen LogP contribution is -2.58. The molecule has 6 aromatic rings. The standard InChI is InChI=1S/C58H68F3N9O11/c59-58(60,61)52-33-64-34-53(68-52)67-49-36-81-51(57(74)56(49)73)32-66-54(71)37-78-26-24-76-22-20-75-21-23-77-25-27-79-38-55(72)70-17-15-69(16-18-70)35-40-6-9-44(46-31-65-48-11-14-63-30-47(46)48)50(28-40)80-19-12-39-4-7-42(8-5-39)43-3-1-2-41-10-13-62-29-45(41)43/h1-11,13-14,28-30,33-34,46,49,51,56-57,65,73-74H,12,15-27,31-32,35-38H2,(H,66,71)(H,67,68)/t46?,49-,51+,56+,57-/m0/s1. The molecule has 0 aliphatic carbocycles. The molecule has 2 fully saturated rings. The molecule has 2 amide bonds. The summed E-state index contributed by atoms with van der Waals surface area (Å²) in [5.74, 6) is 0.201. The second-order valence-electron chi connectivity index (χ2n) is 19.8. The molecule has 9 rings (SSSR count). The molecule has 5 N–H and O–H groups in total. The molecular formula is C58H68F3N9O11. The summed E-state index contributed by atoms with van der Waals surface area (Å²) in [6.07, 6.45) is 1.32. The van der Waals surface area contributed by atoms with Crippen LogP contribution >= 0.6 is 0 Å². The molecule has 3 aliphatic heterocycles. The summed E-state index contributed by atoms with van der Waals surface area (Å²) in [6, 6.07) is 24.7. The van der Waals surface area contributed by atoms with Crippen molar-refractivity contribution in [3.05, 3.63) is 138 Å². The van der Waals surface area contributed by atoms with Crippen LogP contribution in [0, 0.1) is 0 Å². The highest BCUT2D eigenvalue weighted by Crippen LogP contribution is 2.40. The largest absolute Gasteiger partial charge is 0.493 e. The number of hydrogen-bond acceptors (Lipinski definition) is 18. The molecule has 432 valence electrons. The van der Waals surface area contributed by atoms with E-state index < -0.39 is 42.1 Å². The molecule has 5 atom stereocenters. The number of aromatic nitrogens is 4. The van der Waals surface area contributed by atoms with Crippen LogP contribution in [0.5, 0.6) is 5.75 Å². The van der Waals surface area contributed by atoms with Crippen molar-refractivity contribution in [3.63, 3.8) is 0 Å². The number of anilines is 2. The highest BCUT2D eigenvalue weighted by molar-refractivity contribution is 5.96. The number of nitrogens with one attached hydrogen (secondary N) is 3. The van der Waals surface area contributed by atoms with Gasteiger partial charge in [-0.15, -0.1) is 0 Å². The number of carbonyl (C=O) groups excluding carboxylic acids is 2. The Balaban J connectivity index is 0.594.